The summed E-state index contributed by atoms with van der Waals surface area (Å²) in [5, 5.41) is 10.0. The number of fused-ring (bicyclic) bond motifs is 3. The van der Waals surface area contributed by atoms with Crippen LogP contribution in [0.5, 0.6) is 0 Å². The average molecular weight is 443 g/mol. The van der Waals surface area contributed by atoms with E-state index in [-0.39, 0.29) is 5.41 Å². The first-order valence-corrected chi connectivity index (χ1v) is 11.6. The van der Waals surface area contributed by atoms with Crippen LogP contribution in [0.3, 0.4) is 0 Å². The molecule has 6 aromatic rings. The van der Waals surface area contributed by atoms with Crippen molar-refractivity contribution in [3.63, 3.8) is 0 Å². The summed E-state index contributed by atoms with van der Waals surface area (Å²) in [6, 6.07) is 32.3. The van der Waals surface area contributed by atoms with Gasteiger partial charge in [-0.2, -0.15) is 5.10 Å². The number of nitrogens with zero attached hydrogens (tertiary/aromatic N) is 3. The van der Waals surface area contributed by atoms with E-state index in [9.17, 15) is 0 Å². The van der Waals surface area contributed by atoms with Crippen LogP contribution in [0.25, 0.3) is 38.8 Å². The van der Waals surface area contributed by atoms with Crippen LogP contribution in [-0.4, -0.2) is 19.7 Å². The molecule has 0 atom stereocenters. The van der Waals surface area contributed by atoms with Gasteiger partial charge in [-0.15, -0.1) is 0 Å². The highest BCUT2D eigenvalue weighted by atomic mass is 15.1. The van der Waals surface area contributed by atoms with Gasteiger partial charge in [0.25, 0.3) is 0 Å². The first kappa shape index (κ1) is 20.4. The summed E-state index contributed by atoms with van der Waals surface area (Å²) in [7, 11) is 0. The predicted molar refractivity (Wildman–Crippen MR) is 139 cm³/mol. The zero-order valence-electron chi connectivity index (χ0n) is 19.6. The minimum Gasteiger partial charge on any atom is -0.309 e. The second-order valence-corrected chi connectivity index (χ2v) is 9.41. The van der Waals surface area contributed by atoms with Crippen molar-refractivity contribution in [2.75, 3.05) is 0 Å². The Bertz CT molecular complexity index is 1640. The second kappa shape index (κ2) is 7.70. The molecule has 0 amide bonds. The van der Waals surface area contributed by atoms with Crippen LogP contribution in [0.1, 0.15) is 30.8 Å². The van der Waals surface area contributed by atoms with Gasteiger partial charge in [-0.05, 0) is 55.0 Å². The van der Waals surface area contributed by atoms with E-state index >= 15 is 0 Å². The van der Waals surface area contributed by atoms with E-state index < -0.39 is 0 Å². The molecule has 6 rings (SSSR count). The molecule has 0 aliphatic heterocycles. The molecule has 0 unspecified atom stereocenters. The van der Waals surface area contributed by atoms with Gasteiger partial charge in [-0.25, -0.2) is 0 Å². The lowest BCUT2D eigenvalue weighted by atomic mass is 9.81. The third-order valence-corrected chi connectivity index (χ3v) is 6.81. The van der Waals surface area contributed by atoms with E-state index in [1.165, 1.54) is 27.4 Å². The Morgan fingerprint density at radius 1 is 0.765 bits per heavy atom. The summed E-state index contributed by atoms with van der Waals surface area (Å²) in [4.78, 5) is 4.66. The van der Waals surface area contributed by atoms with Crippen molar-refractivity contribution in [2.45, 2.75) is 26.2 Å². The Kier molecular flexibility index (Phi) is 4.63. The molecule has 0 radical (unpaired) electrons. The molecule has 4 heteroatoms. The van der Waals surface area contributed by atoms with Crippen molar-refractivity contribution >= 4 is 21.8 Å². The molecule has 0 fully saturated rings. The topological polar surface area (TPSA) is 46.5 Å². The highest BCUT2D eigenvalue weighted by Gasteiger charge is 2.25. The van der Waals surface area contributed by atoms with Crippen molar-refractivity contribution in [1.82, 2.24) is 19.7 Å². The molecule has 3 aromatic carbocycles. The van der Waals surface area contributed by atoms with Crippen molar-refractivity contribution in [3.05, 3.63) is 114 Å². The Hall–Kier alpha value is -4.18. The molecular weight excluding hydrogens is 416 g/mol. The van der Waals surface area contributed by atoms with Crippen LogP contribution in [0.2, 0.25) is 0 Å². The maximum atomic E-state index is 4.66. The molecule has 0 saturated heterocycles. The molecule has 3 aromatic heterocycles. The van der Waals surface area contributed by atoms with Gasteiger partial charge in [-0.1, -0.05) is 62.4 Å². The van der Waals surface area contributed by atoms with Crippen molar-refractivity contribution in [3.8, 4) is 16.9 Å². The highest BCUT2D eigenvalue weighted by Crippen LogP contribution is 2.37. The van der Waals surface area contributed by atoms with Crippen LogP contribution >= 0.6 is 0 Å². The third kappa shape index (κ3) is 3.22. The number of rotatable bonds is 4. The Balaban J connectivity index is 1.60. The summed E-state index contributed by atoms with van der Waals surface area (Å²) in [5.41, 5.74) is 8.70. The molecule has 1 N–H and O–H groups in total. The van der Waals surface area contributed by atoms with E-state index in [4.69, 9.17) is 0 Å². The smallest absolute Gasteiger partial charge is 0.0924 e. The minimum absolute atomic E-state index is 0.217. The molecule has 0 aliphatic carbocycles. The number of hydrogen-bond donors (Lipinski definition) is 1. The number of para-hydroxylation sites is 1. The molecule has 34 heavy (non-hydrogen) atoms. The summed E-state index contributed by atoms with van der Waals surface area (Å²) in [5.74, 6) is 0. The van der Waals surface area contributed by atoms with E-state index in [2.05, 4.69) is 119 Å². The highest BCUT2D eigenvalue weighted by molar-refractivity contribution is 6.09. The normalized spacial score (nSPS) is 12.0. The number of aryl methyl sites for hydroxylation is 1. The number of benzene rings is 3. The van der Waals surface area contributed by atoms with E-state index in [0.717, 1.165) is 28.3 Å². The lowest BCUT2D eigenvalue weighted by Gasteiger charge is -2.25. The second-order valence-electron chi connectivity index (χ2n) is 9.41. The monoisotopic (exact) mass is 442 g/mol. The molecule has 0 spiro atoms. The van der Waals surface area contributed by atoms with Crippen LogP contribution in [0.15, 0.2) is 97.2 Å². The minimum atomic E-state index is -0.217. The van der Waals surface area contributed by atoms with Crippen molar-refractivity contribution in [1.29, 1.82) is 0 Å². The summed E-state index contributed by atoms with van der Waals surface area (Å²) >= 11 is 0. The van der Waals surface area contributed by atoms with Gasteiger partial charge in [0.15, 0.2) is 0 Å². The molecule has 3 heterocycles. The van der Waals surface area contributed by atoms with Gasteiger partial charge in [0.1, 0.15) is 0 Å². The van der Waals surface area contributed by atoms with Gasteiger partial charge in [0.2, 0.25) is 0 Å². The fourth-order valence-electron chi connectivity index (χ4n) is 4.89. The standard InChI is InChI=1S/C30H26N4/c1-20-17-26(33-32-20)21-9-8-10-23(18-21)34-27-12-5-4-11-24(27)25-15-14-22(19-28(25)34)30(2,3)29-13-6-7-16-31-29/h4-19H,1-3H3,(H,32,33). The maximum Gasteiger partial charge on any atom is 0.0924 e. The van der Waals surface area contributed by atoms with Gasteiger partial charge < -0.3 is 4.57 Å². The average Bonchev–Trinajstić information content (AvgIpc) is 3.45. The number of nitrogens with one attached hydrogen (secondary N) is 1. The number of hydrogen-bond acceptors (Lipinski definition) is 2. The molecule has 0 bridgehead atoms. The summed E-state index contributed by atoms with van der Waals surface area (Å²) in [6.45, 7) is 6.51. The van der Waals surface area contributed by atoms with Gasteiger partial charge >= 0.3 is 0 Å². The van der Waals surface area contributed by atoms with Crippen LogP contribution < -0.4 is 0 Å². The number of H-pyrrole nitrogens is 1. The maximum absolute atomic E-state index is 4.66. The molecule has 4 nitrogen and oxygen atoms in total. The van der Waals surface area contributed by atoms with Gasteiger partial charge in [0, 0.05) is 39.3 Å². The van der Waals surface area contributed by atoms with Gasteiger partial charge in [-0.3, -0.25) is 10.1 Å². The van der Waals surface area contributed by atoms with E-state index in [1.807, 2.05) is 19.2 Å². The Labute approximate surface area is 198 Å². The molecular formula is C30H26N4. The van der Waals surface area contributed by atoms with Crippen LogP contribution in [0.4, 0.5) is 0 Å². The first-order chi connectivity index (χ1) is 16.5. The lowest BCUT2D eigenvalue weighted by Crippen LogP contribution is -2.20. The number of pyridine rings is 1. The zero-order valence-corrected chi connectivity index (χ0v) is 19.6. The predicted octanol–water partition coefficient (Wildman–Crippen LogP) is 7.20. The fraction of sp³-hybridized carbons (Fsp3) is 0.133. The van der Waals surface area contributed by atoms with E-state index in [1.54, 1.807) is 0 Å². The molecule has 166 valence electrons. The summed E-state index contributed by atoms with van der Waals surface area (Å²) < 4.78 is 2.37. The summed E-state index contributed by atoms with van der Waals surface area (Å²) in [6.07, 6.45) is 1.87. The molecule has 0 aliphatic rings. The quantitative estimate of drug-likeness (QED) is 0.314. The molecule has 0 saturated carbocycles. The third-order valence-electron chi connectivity index (χ3n) is 6.81. The van der Waals surface area contributed by atoms with Crippen LogP contribution in [0, 0.1) is 6.92 Å². The van der Waals surface area contributed by atoms with Crippen molar-refractivity contribution in [2.24, 2.45) is 0 Å². The largest absolute Gasteiger partial charge is 0.309 e. The Morgan fingerprint density at radius 2 is 1.59 bits per heavy atom. The van der Waals surface area contributed by atoms with Crippen molar-refractivity contribution < 1.29 is 0 Å². The van der Waals surface area contributed by atoms with Gasteiger partial charge in [0.05, 0.1) is 22.4 Å². The first-order valence-electron chi connectivity index (χ1n) is 11.6. The van der Waals surface area contributed by atoms with Crippen LogP contribution in [-0.2, 0) is 5.41 Å². The zero-order chi connectivity index (χ0) is 23.3. The number of aromatic amines is 1. The number of aromatic nitrogens is 4. The fourth-order valence-corrected chi connectivity index (χ4v) is 4.89. The Morgan fingerprint density at radius 3 is 2.38 bits per heavy atom. The van der Waals surface area contributed by atoms with E-state index in [0.29, 0.717) is 0 Å². The lowest BCUT2D eigenvalue weighted by molar-refractivity contribution is 0.617. The SMILES string of the molecule is Cc1cc(-c2cccc(-n3c4ccccc4c4ccc(C(C)(C)c5ccccn5)cc43)c2)n[nH]1.